The first-order valence-corrected chi connectivity index (χ1v) is 7.86. The maximum atomic E-state index is 11.6. The first-order chi connectivity index (χ1) is 9.40. The van der Waals surface area contributed by atoms with E-state index in [4.69, 9.17) is 0 Å². The minimum atomic E-state index is -0.0963. The van der Waals surface area contributed by atoms with E-state index in [2.05, 4.69) is 41.4 Å². The van der Waals surface area contributed by atoms with Crippen LogP contribution >= 0.6 is 11.3 Å². The summed E-state index contributed by atoms with van der Waals surface area (Å²) in [7, 11) is 2.05. The lowest BCUT2D eigenvalue weighted by Gasteiger charge is -2.20. The van der Waals surface area contributed by atoms with Crippen molar-refractivity contribution in [1.29, 1.82) is 0 Å². The second-order valence-corrected chi connectivity index (χ2v) is 6.54. The molecule has 0 bridgehead atoms. The predicted molar refractivity (Wildman–Crippen MR) is 84.5 cm³/mol. The molecule has 0 radical (unpaired) electrons. The van der Waals surface area contributed by atoms with E-state index in [0.717, 1.165) is 23.7 Å². The van der Waals surface area contributed by atoms with Gasteiger partial charge in [0.2, 0.25) is 0 Å². The van der Waals surface area contributed by atoms with Crippen molar-refractivity contribution in [2.75, 3.05) is 26.7 Å². The van der Waals surface area contributed by atoms with E-state index in [-0.39, 0.29) is 6.03 Å². The van der Waals surface area contributed by atoms with Gasteiger partial charge in [-0.15, -0.1) is 11.3 Å². The summed E-state index contributed by atoms with van der Waals surface area (Å²) in [4.78, 5) is 19.5. The molecule has 1 rings (SSSR count). The highest BCUT2D eigenvalue weighted by Crippen LogP contribution is 2.16. The third kappa shape index (κ3) is 5.88. The fourth-order valence-electron chi connectivity index (χ4n) is 1.76. The second kappa shape index (κ2) is 8.21. The molecule has 1 aromatic heterocycles. The highest BCUT2D eigenvalue weighted by Gasteiger charge is 2.06. The molecule has 1 aromatic rings. The van der Waals surface area contributed by atoms with Gasteiger partial charge in [0.15, 0.2) is 0 Å². The van der Waals surface area contributed by atoms with Crippen molar-refractivity contribution in [3.8, 4) is 0 Å². The highest BCUT2D eigenvalue weighted by atomic mass is 32.1. The number of rotatable bonds is 7. The van der Waals surface area contributed by atoms with Gasteiger partial charge in [-0.25, -0.2) is 9.78 Å². The smallest absolute Gasteiger partial charge is 0.314 e. The van der Waals surface area contributed by atoms with Gasteiger partial charge >= 0.3 is 6.03 Å². The number of carbonyl (C=O) groups excluding carboxylic acids is 1. The molecular formula is C14H26N4OS. The number of carbonyl (C=O) groups is 1. The van der Waals surface area contributed by atoms with Crippen molar-refractivity contribution >= 4 is 17.4 Å². The molecule has 2 N–H and O–H groups in total. The molecule has 5 nitrogen and oxygen atoms in total. The topological polar surface area (TPSA) is 57.3 Å². The van der Waals surface area contributed by atoms with E-state index < -0.39 is 0 Å². The Morgan fingerprint density at radius 1 is 1.30 bits per heavy atom. The fraction of sp³-hybridized carbons (Fsp3) is 0.714. The monoisotopic (exact) mass is 298 g/mol. The van der Waals surface area contributed by atoms with Crippen LogP contribution in [-0.4, -0.2) is 48.6 Å². The number of aromatic nitrogens is 1. The number of hydrogen-bond acceptors (Lipinski definition) is 4. The van der Waals surface area contributed by atoms with Crippen LogP contribution in [0, 0.1) is 13.8 Å². The number of amides is 2. The molecule has 20 heavy (non-hydrogen) atoms. The molecule has 0 spiro atoms. The van der Waals surface area contributed by atoms with Crippen molar-refractivity contribution in [2.45, 2.75) is 40.2 Å². The van der Waals surface area contributed by atoms with Crippen LogP contribution in [0.1, 0.15) is 29.4 Å². The minimum absolute atomic E-state index is 0.0963. The average Bonchev–Trinajstić information content (AvgIpc) is 2.67. The maximum Gasteiger partial charge on any atom is 0.314 e. The number of nitrogens with zero attached hydrogens (tertiary/aromatic N) is 2. The third-order valence-electron chi connectivity index (χ3n) is 3.27. The summed E-state index contributed by atoms with van der Waals surface area (Å²) < 4.78 is 0. The van der Waals surface area contributed by atoms with Crippen LogP contribution in [0.3, 0.4) is 0 Å². The standard InChI is InChI=1S/C14H26N4OS/c1-10(2)18(5)9-8-16-14(19)15-7-6-13-11(3)17-12(4)20-13/h10H,6-9H2,1-5H3,(H2,15,16,19). The van der Waals surface area contributed by atoms with Crippen molar-refractivity contribution in [1.82, 2.24) is 20.5 Å². The number of aryl methyl sites for hydroxylation is 2. The lowest BCUT2D eigenvalue weighted by molar-refractivity contribution is 0.234. The fourth-order valence-corrected chi connectivity index (χ4v) is 2.70. The second-order valence-electron chi connectivity index (χ2n) is 5.25. The van der Waals surface area contributed by atoms with Crippen LogP contribution in [-0.2, 0) is 6.42 Å². The molecule has 114 valence electrons. The maximum absolute atomic E-state index is 11.6. The quantitative estimate of drug-likeness (QED) is 0.809. The Morgan fingerprint density at radius 2 is 1.95 bits per heavy atom. The Morgan fingerprint density at radius 3 is 2.50 bits per heavy atom. The number of likely N-dealkylation sites (N-methyl/N-ethyl adjacent to an activating group) is 1. The number of urea groups is 1. The molecule has 0 saturated carbocycles. The van der Waals surface area contributed by atoms with Gasteiger partial charge in [-0.3, -0.25) is 0 Å². The normalized spacial score (nSPS) is 11.2. The lowest BCUT2D eigenvalue weighted by atomic mass is 10.3. The van der Waals surface area contributed by atoms with Gasteiger partial charge in [0.25, 0.3) is 0 Å². The first-order valence-electron chi connectivity index (χ1n) is 7.05. The molecule has 0 atom stereocenters. The van der Waals surface area contributed by atoms with Gasteiger partial charge in [-0.2, -0.15) is 0 Å². The summed E-state index contributed by atoms with van der Waals surface area (Å²) >= 11 is 1.70. The molecule has 0 aliphatic carbocycles. The minimum Gasteiger partial charge on any atom is -0.338 e. The summed E-state index contributed by atoms with van der Waals surface area (Å²) in [5, 5.41) is 6.83. The van der Waals surface area contributed by atoms with E-state index in [0.29, 0.717) is 19.1 Å². The molecule has 0 saturated heterocycles. The molecule has 6 heteroatoms. The Kier molecular flexibility index (Phi) is 6.95. The summed E-state index contributed by atoms with van der Waals surface area (Å²) in [6.45, 7) is 10.5. The molecule has 0 aliphatic rings. The first kappa shape index (κ1) is 16.9. The van der Waals surface area contributed by atoms with E-state index in [1.807, 2.05) is 13.8 Å². The highest BCUT2D eigenvalue weighted by molar-refractivity contribution is 7.11. The summed E-state index contributed by atoms with van der Waals surface area (Å²) in [6, 6.07) is 0.401. The van der Waals surface area contributed by atoms with Crippen LogP contribution < -0.4 is 10.6 Å². The number of nitrogens with one attached hydrogen (secondary N) is 2. The molecule has 0 aliphatic heterocycles. The van der Waals surface area contributed by atoms with Crippen molar-refractivity contribution in [3.05, 3.63) is 15.6 Å². The van der Waals surface area contributed by atoms with Gasteiger partial charge in [0.1, 0.15) is 0 Å². The lowest BCUT2D eigenvalue weighted by Crippen LogP contribution is -2.41. The largest absolute Gasteiger partial charge is 0.338 e. The molecule has 0 aromatic carbocycles. The SMILES string of the molecule is Cc1nc(C)c(CCNC(=O)NCCN(C)C(C)C)s1. The van der Waals surface area contributed by atoms with E-state index >= 15 is 0 Å². The third-order valence-corrected chi connectivity index (χ3v) is 4.40. The molecule has 1 heterocycles. The molecule has 0 unspecified atom stereocenters. The zero-order chi connectivity index (χ0) is 15.1. The van der Waals surface area contributed by atoms with E-state index in [1.165, 1.54) is 4.88 Å². The number of thiazole rings is 1. The van der Waals surface area contributed by atoms with Gasteiger partial charge in [0, 0.05) is 37.0 Å². The molecular weight excluding hydrogens is 272 g/mol. The summed E-state index contributed by atoms with van der Waals surface area (Å²) in [5.74, 6) is 0. The van der Waals surface area contributed by atoms with Crippen LogP contribution in [0.25, 0.3) is 0 Å². The van der Waals surface area contributed by atoms with Gasteiger partial charge < -0.3 is 15.5 Å². The molecule has 0 fully saturated rings. The van der Waals surface area contributed by atoms with Crippen LogP contribution in [0.4, 0.5) is 4.79 Å². The Hall–Kier alpha value is -1.14. The Balaban J connectivity index is 2.16. The summed E-state index contributed by atoms with van der Waals surface area (Å²) in [5.41, 5.74) is 1.08. The average molecular weight is 298 g/mol. The predicted octanol–water partition coefficient (Wildman–Crippen LogP) is 1.94. The molecule has 2 amide bonds. The van der Waals surface area contributed by atoms with Crippen LogP contribution in [0.5, 0.6) is 0 Å². The van der Waals surface area contributed by atoms with Gasteiger partial charge in [-0.05, 0) is 34.7 Å². The zero-order valence-corrected chi connectivity index (χ0v) is 13.9. The van der Waals surface area contributed by atoms with Crippen molar-refractivity contribution < 1.29 is 4.79 Å². The van der Waals surface area contributed by atoms with E-state index in [9.17, 15) is 4.79 Å². The Bertz CT molecular complexity index is 431. The van der Waals surface area contributed by atoms with Gasteiger partial charge in [0.05, 0.1) is 10.7 Å². The van der Waals surface area contributed by atoms with E-state index in [1.54, 1.807) is 11.3 Å². The summed E-state index contributed by atoms with van der Waals surface area (Å²) in [6.07, 6.45) is 0.844. The van der Waals surface area contributed by atoms with Gasteiger partial charge in [-0.1, -0.05) is 0 Å². The number of hydrogen-bond donors (Lipinski definition) is 2. The van der Waals surface area contributed by atoms with Crippen molar-refractivity contribution in [2.24, 2.45) is 0 Å². The van der Waals surface area contributed by atoms with Crippen molar-refractivity contribution in [3.63, 3.8) is 0 Å². The Labute approximate surface area is 125 Å². The van der Waals surface area contributed by atoms with Crippen LogP contribution in [0.15, 0.2) is 0 Å². The zero-order valence-electron chi connectivity index (χ0n) is 13.1. The van der Waals surface area contributed by atoms with Crippen LogP contribution in [0.2, 0.25) is 0 Å².